The largest absolute Gasteiger partial charge is 0.416 e. The average molecular weight is 479 g/mol. The minimum absolute atomic E-state index is 0.140. The van der Waals surface area contributed by atoms with E-state index < -0.39 is 11.7 Å². The number of alkyl halides is 3. The molecule has 0 aliphatic carbocycles. The molecule has 33 heavy (non-hydrogen) atoms. The second-order valence-corrected chi connectivity index (χ2v) is 8.68. The molecule has 3 aromatic rings. The third kappa shape index (κ3) is 5.05. The molecule has 8 nitrogen and oxygen atoms in total. The summed E-state index contributed by atoms with van der Waals surface area (Å²) in [6.07, 6.45) is -1.78. The number of thiazole rings is 1. The van der Waals surface area contributed by atoms with Gasteiger partial charge in [-0.1, -0.05) is 12.1 Å². The zero-order valence-electron chi connectivity index (χ0n) is 17.6. The van der Waals surface area contributed by atoms with E-state index in [1.54, 1.807) is 10.3 Å². The van der Waals surface area contributed by atoms with Gasteiger partial charge in [0.25, 0.3) is 5.91 Å². The van der Waals surface area contributed by atoms with Crippen molar-refractivity contribution >= 4 is 23.2 Å². The number of piperidine rings is 1. The first-order chi connectivity index (χ1) is 15.7. The number of rotatable bonds is 5. The van der Waals surface area contributed by atoms with Crippen molar-refractivity contribution in [2.24, 2.45) is 5.92 Å². The van der Waals surface area contributed by atoms with Crippen molar-refractivity contribution in [3.63, 3.8) is 0 Å². The lowest BCUT2D eigenvalue weighted by Crippen LogP contribution is -2.51. The third-order valence-electron chi connectivity index (χ3n) is 5.68. The number of hydrogen-bond acceptors (Lipinski definition) is 6. The van der Waals surface area contributed by atoms with E-state index in [9.17, 15) is 22.8 Å². The molecular weight excluding hydrogens is 457 g/mol. The highest BCUT2D eigenvalue weighted by molar-refractivity contribution is 7.09. The van der Waals surface area contributed by atoms with Crippen LogP contribution in [0.25, 0.3) is 11.3 Å². The molecule has 0 radical (unpaired) electrons. The van der Waals surface area contributed by atoms with Gasteiger partial charge in [-0.15, -0.1) is 11.3 Å². The molecule has 1 aromatic carbocycles. The maximum Gasteiger partial charge on any atom is 0.416 e. The Morgan fingerprint density at radius 2 is 2.03 bits per heavy atom. The van der Waals surface area contributed by atoms with Gasteiger partial charge in [-0.2, -0.15) is 18.3 Å². The number of carbonyl (C=O) groups excluding carboxylic acids is 2. The van der Waals surface area contributed by atoms with E-state index in [-0.39, 0.29) is 36.1 Å². The van der Waals surface area contributed by atoms with Gasteiger partial charge in [0, 0.05) is 23.5 Å². The van der Waals surface area contributed by atoms with Crippen LogP contribution in [0.5, 0.6) is 0 Å². The van der Waals surface area contributed by atoms with E-state index in [0.29, 0.717) is 35.7 Å². The number of H-pyrrole nitrogens is 1. The molecule has 174 valence electrons. The quantitative estimate of drug-likeness (QED) is 0.584. The van der Waals surface area contributed by atoms with Crippen molar-refractivity contribution in [2.75, 3.05) is 6.54 Å². The number of aromatic amines is 1. The van der Waals surface area contributed by atoms with Crippen LogP contribution in [-0.4, -0.2) is 49.5 Å². The monoisotopic (exact) mass is 478 g/mol. The number of benzene rings is 1. The first kappa shape index (κ1) is 22.9. The Hall–Kier alpha value is -3.28. The van der Waals surface area contributed by atoms with Crippen molar-refractivity contribution in [3.05, 3.63) is 52.4 Å². The fourth-order valence-electron chi connectivity index (χ4n) is 3.87. The topological polar surface area (TPSA) is 104 Å². The van der Waals surface area contributed by atoms with Crippen LogP contribution in [0.1, 0.15) is 41.0 Å². The van der Waals surface area contributed by atoms with Gasteiger partial charge >= 0.3 is 6.18 Å². The molecular formula is C21H21F3N6O2S. The van der Waals surface area contributed by atoms with E-state index >= 15 is 0 Å². The van der Waals surface area contributed by atoms with Crippen LogP contribution in [0.3, 0.4) is 0 Å². The number of nitrogens with zero attached hydrogens (tertiary/aromatic N) is 4. The molecule has 0 bridgehead atoms. The zero-order valence-corrected chi connectivity index (χ0v) is 18.4. The Morgan fingerprint density at radius 1 is 1.27 bits per heavy atom. The van der Waals surface area contributed by atoms with Crippen LogP contribution in [0.2, 0.25) is 0 Å². The Kier molecular flexibility index (Phi) is 6.45. The first-order valence-corrected chi connectivity index (χ1v) is 11.2. The summed E-state index contributed by atoms with van der Waals surface area (Å²) >= 11 is 1.32. The molecule has 0 unspecified atom stereocenters. The molecule has 12 heteroatoms. The fourth-order valence-corrected chi connectivity index (χ4v) is 4.62. The Bertz CT molecular complexity index is 1110. The van der Waals surface area contributed by atoms with E-state index in [1.165, 1.54) is 29.8 Å². The lowest BCUT2D eigenvalue weighted by Gasteiger charge is -2.38. The maximum absolute atomic E-state index is 12.8. The van der Waals surface area contributed by atoms with Crippen LogP contribution >= 0.6 is 11.3 Å². The lowest BCUT2D eigenvalue weighted by atomic mass is 9.89. The number of carbonyl (C=O) groups is 2. The average Bonchev–Trinajstić information content (AvgIpc) is 3.49. The van der Waals surface area contributed by atoms with Gasteiger partial charge < -0.3 is 10.2 Å². The van der Waals surface area contributed by atoms with Gasteiger partial charge in [-0.05, 0) is 31.9 Å². The van der Waals surface area contributed by atoms with Crippen LogP contribution in [0.15, 0.2) is 36.0 Å². The highest BCUT2D eigenvalue weighted by Gasteiger charge is 2.36. The molecule has 3 heterocycles. The smallest absolute Gasteiger partial charge is 0.349 e. The summed E-state index contributed by atoms with van der Waals surface area (Å²) in [6, 6.07) is 4.49. The van der Waals surface area contributed by atoms with E-state index in [2.05, 4.69) is 25.5 Å². The molecule has 1 aliphatic heterocycles. The van der Waals surface area contributed by atoms with E-state index in [0.717, 1.165) is 12.1 Å². The predicted molar refractivity (Wildman–Crippen MR) is 114 cm³/mol. The van der Waals surface area contributed by atoms with Gasteiger partial charge in [0.1, 0.15) is 11.3 Å². The molecule has 1 fully saturated rings. The first-order valence-electron chi connectivity index (χ1n) is 10.3. The van der Waals surface area contributed by atoms with Crippen molar-refractivity contribution in [1.82, 2.24) is 30.4 Å². The highest BCUT2D eigenvalue weighted by Crippen LogP contribution is 2.31. The SMILES string of the molecule is C[C@H]1[C@@H](C(=O)NCc2nc(-c3ccc(C(F)(F)F)cc3)cs2)CCCN1C(=O)c1ncn[nH]1. The lowest BCUT2D eigenvalue weighted by molar-refractivity contribution is -0.137. The summed E-state index contributed by atoms with van der Waals surface area (Å²) in [5.41, 5.74) is 0.401. The van der Waals surface area contributed by atoms with Crippen LogP contribution in [-0.2, 0) is 17.5 Å². The summed E-state index contributed by atoms with van der Waals surface area (Å²) in [6.45, 7) is 2.57. The van der Waals surface area contributed by atoms with Crippen molar-refractivity contribution in [3.8, 4) is 11.3 Å². The van der Waals surface area contributed by atoms with Crippen LogP contribution in [0, 0.1) is 5.92 Å². The summed E-state index contributed by atoms with van der Waals surface area (Å²) in [7, 11) is 0. The highest BCUT2D eigenvalue weighted by atomic mass is 32.1. The molecule has 2 amide bonds. The summed E-state index contributed by atoms with van der Waals surface area (Å²) in [5, 5.41) is 11.5. The van der Waals surface area contributed by atoms with Gasteiger partial charge in [0.15, 0.2) is 0 Å². The number of nitrogens with one attached hydrogen (secondary N) is 2. The Balaban J connectivity index is 1.36. The van der Waals surface area contributed by atoms with Gasteiger partial charge in [-0.3, -0.25) is 14.7 Å². The number of halogens is 3. The fraction of sp³-hybridized carbons (Fsp3) is 0.381. The van der Waals surface area contributed by atoms with Crippen LogP contribution in [0.4, 0.5) is 13.2 Å². The number of likely N-dealkylation sites (tertiary alicyclic amines) is 1. The standard InChI is InChI=1S/C21H21F3N6O2S/c1-12-15(3-2-8-30(12)20(32)18-26-11-27-29-18)19(31)25-9-17-28-16(10-33-17)13-4-6-14(7-5-13)21(22,23)24/h4-7,10-12,15H,2-3,8-9H2,1H3,(H,25,31)(H,26,27,29)/t12-,15-/m0/s1. The molecule has 1 saturated heterocycles. The second kappa shape index (κ2) is 9.30. The summed E-state index contributed by atoms with van der Waals surface area (Å²) < 4.78 is 38.2. The normalized spacial score (nSPS) is 18.8. The number of aromatic nitrogens is 4. The van der Waals surface area contributed by atoms with Gasteiger partial charge in [0.05, 0.1) is 23.7 Å². The molecule has 1 aliphatic rings. The predicted octanol–water partition coefficient (Wildman–Crippen LogP) is 3.50. The summed E-state index contributed by atoms with van der Waals surface area (Å²) in [4.78, 5) is 35.4. The Morgan fingerprint density at radius 3 is 2.70 bits per heavy atom. The molecule has 2 aromatic heterocycles. The van der Waals surface area contributed by atoms with Crippen molar-refractivity contribution < 1.29 is 22.8 Å². The molecule has 2 N–H and O–H groups in total. The molecule has 4 rings (SSSR count). The van der Waals surface area contributed by atoms with Crippen LogP contribution < -0.4 is 5.32 Å². The maximum atomic E-state index is 12.8. The molecule has 0 spiro atoms. The van der Waals surface area contributed by atoms with Gasteiger partial charge in [0.2, 0.25) is 11.7 Å². The van der Waals surface area contributed by atoms with E-state index in [1.807, 2.05) is 6.92 Å². The number of hydrogen-bond donors (Lipinski definition) is 2. The van der Waals surface area contributed by atoms with E-state index in [4.69, 9.17) is 0 Å². The van der Waals surface area contributed by atoms with Crippen molar-refractivity contribution in [2.45, 2.75) is 38.5 Å². The minimum atomic E-state index is -4.39. The van der Waals surface area contributed by atoms with Crippen molar-refractivity contribution in [1.29, 1.82) is 0 Å². The Labute approximate surface area is 191 Å². The molecule has 2 atom stereocenters. The third-order valence-corrected chi connectivity index (χ3v) is 6.53. The minimum Gasteiger partial charge on any atom is -0.349 e. The molecule has 0 saturated carbocycles. The van der Waals surface area contributed by atoms with Gasteiger partial charge in [-0.25, -0.2) is 9.97 Å². The zero-order chi connectivity index (χ0) is 23.6. The summed E-state index contributed by atoms with van der Waals surface area (Å²) in [5.74, 6) is -0.705. The number of amides is 2. The second-order valence-electron chi connectivity index (χ2n) is 7.74.